The number of hydrogen-bond donors (Lipinski definition) is 3. The Kier molecular flexibility index (Phi) is 8.80. The summed E-state index contributed by atoms with van der Waals surface area (Å²) in [5.74, 6) is 0.0819. The number of thiazole rings is 1. The van der Waals surface area contributed by atoms with Crippen molar-refractivity contribution in [1.29, 1.82) is 0 Å². The Morgan fingerprint density at radius 1 is 1.43 bits per heavy atom. The molecular formula is C12H20Cl2N4O2S. The third-order valence-corrected chi connectivity index (χ3v) is 3.92. The molecule has 3 N–H and O–H groups in total. The van der Waals surface area contributed by atoms with E-state index in [2.05, 4.69) is 27.9 Å². The zero-order chi connectivity index (χ0) is 13.8. The standard InChI is InChI=1S/C12H18N4O2S.2ClH/c1-7-3-4-13-5-9(7)15-11(18)10-6-19-12(16-10)14-8(2)17;;/h6-7,9,13H,3-5H2,1-2H3,(H,15,18)(H,14,16,17);2*1H. The Bertz CT molecular complexity index is 484. The number of aromatic nitrogens is 1. The number of nitrogens with zero attached hydrogens (tertiary/aromatic N) is 1. The summed E-state index contributed by atoms with van der Waals surface area (Å²) in [7, 11) is 0. The van der Waals surface area contributed by atoms with E-state index in [-0.39, 0.29) is 42.7 Å². The van der Waals surface area contributed by atoms with Gasteiger partial charge in [-0.1, -0.05) is 6.92 Å². The zero-order valence-corrected chi connectivity index (χ0v) is 14.3. The van der Waals surface area contributed by atoms with E-state index >= 15 is 0 Å². The fourth-order valence-corrected chi connectivity index (χ4v) is 2.75. The minimum Gasteiger partial charge on any atom is -0.346 e. The molecule has 2 rings (SSSR count). The van der Waals surface area contributed by atoms with Gasteiger partial charge in [0.2, 0.25) is 5.91 Å². The van der Waals surface area contributed by atoms with Crippen LogP contribution in [0.3, 0.4) is 0 Å². The molecule has 1 fully saturated rings. The molecule has 6 nitrogen and oxygen atoms in total. The first-order valence-corrected chi connectivity index (χ1v) is 7.19. The molecular weight excluding hydrogens is 335 g/mol. The highest BCUT2D eigenvalue weighted by molar-refractivity contribution is 7.14. The second-order valence-corrected chi connectivity index (χ2v) is 5.63. The molecule has 21 heavy (non-hydrogen) atoms. The molecule has 0 spiro atoms. The zero-order valence-electron chi connectivity index (χ0n) is 11.8. The lowest BCUT2D eigenvalue weighted by Crippen LogP contribution is -2.50. The van der Waals surface area contributed by atoms with E-state index in [0.29, 0.717) is 16.7 Å². The number of hydrogen-bond acceptors (Lipinski definition) is 5. The molecule has 1 saturated heterocycles. The number of carbonyl (C=O) groups is 2. The number of amides is 2. The van der Waals surface area contributed by atoms with Gasteiger partial charge in [0.25, 0.3) is 5.91 Å². The topological polar surface area (TPSA) is 83.1 Å². The van der Waals surface area contributed by atoms with Crippen LogP contribution in [0.2, 0.25) is 0 Å². The molecule has 0 bridgehead atoms. The van der Waals surface area contributed by atoms with E-state index in [1.165, 1.54) is 18.3 Å². The Morgan fingerprint density at radius 2 is 2.14 bits per heavy atom. The molecule has 2 unspecified atom stereocenters. The predicted octanol–water partition coefficient (Wildman–Crippen LogP) is 1.67. The molecule has 1 aliphatic rings. The highest BCUT2D eigenvalue weighted by Gasteiger charge is 2.23. The maximum Gasteiger partial charge on any atom is 0.271 e. The molecule has 2 atom stereocenters. The summed E-state index contributed by atoms with van der Waals surface area (Å²) in [5.41, 5.74) is 0.353. The molecule has 1 aromatic heterocycles. The van der Waals surface area contributed by atoms with Gasteiger partial charge in [0.05, 0.1) is 0 Å². The Morgan fingerprint density at radius 3 is 2.76 bits per heavy atom. The molecule has 0 aliphatic carbocycles. The highest BCUT2D eigenvalue weighted by Crippen LogP contribution is 2.16. The number of anilines is 1. The van der Waals surface area contributed by atoms with Crippen molar-refractivity contribution in [2.24, 2.45) is 5.92 Å². The van der Waals surface area contributed by atoms with Crippen molar-refractivity contribution in [3.8, 4) is 0 Å². The summed E-state index contributed by atoms with van der Waals surface area (Å²) in [5, 5.41) is 10.9. The van der Waals surface area contributed by atoms with Gasteiger partial charge in [-0.2, -0.15) is 0 Å². The van der Waals surface area contributed by atoms with Gasteiger partial charge in [-0.3, -0.25) is 9.59 Å². The van der Waals surface area contributed by atoms with Gasteiger partial charge in [0, 0.05) is 24.9 Å². The number of nitrogens with one attached hydrogen (secondary N) is 3. The lowest BCUT2D eigenvalue weighted by Gasteiger charge is -2.29. The van der Waals surface area contributed by atoms with E-state index < -0.39 is 0 Å². The minimum atomic E-state index is -0.189. The van der Waals surface area contributed by atoms with Crippen molar-refractivity contribution in [2.45, 2.75) is 26.3 Å². The quantitative estimate of drug-likeness (QED) is 0.770. The van der Waals surface area contributed by atoms with Crippen LogP contribution in [0.4, 0.5) is 5.13 Å². The second-order valence-electron chi connectivity index (χ2n) is 4.77. The molecule has 2 amide bonds. The summed E-state index contributed by atoms with van der Waals surface area (Å²) in [6.07, 6.45) is 1.05. The summed E-state index contributed by atoms with van der Waals surface area (Å²) < 4.78 is 0. The molecule has 1 aliphatic heterocycles. The molecule has 0 saturated carbocycles. The van der Waals surface area contributed by atoms with Crippen LogP contribution >= 0.6 is 36.2 Å². The van der Waals surface area contributed by atoms with Crippen molar-refractivity contribution in [3.05, 3.63) is 11.1 Å². The highest BCUT2D eigenvalue weighted by atomic mass is 35.5. The van der Waals surface area contributed by atoms with Crippen LogP contribution < -0.4 is 16.0 Å². The van der Waals surface area contributed by atoms with Crippen molar-refractivity contribution in [2.75, 3.05) is 18.4 Å². The molecule has 0 radical (unpaired) electrons. The van der Waals surface area contributed by atoms with Crippen LogP contribution in [0, 0.1) is 5.92 Å². The summed E-state index contributed by atoms with van der Waals surface area (Å²) in [4.78, 5) is 27.0. The third kappa shape index (κ3) is 5.78. The van der Waals surface area contributed by atoms with E-state index in [4.69, 9.17) is 0 Å². The molecule has 2 heterocycles. The lowest BCUT2D eigenvalue weighted by atomic mass is 9.95. The lowest BCUT2D eigenvalue weighted by molar-refractivity contribution is -0.114. The van der Waals surface area contributed by atoms with Gasteiger partial charge in [-0.25, -0.2) is 4.98 Å². The predicted molar refractivity (Wildman–Crippen MR) is 88.8 cm³/mol. The number of halogens is 2. The SMILES string of the molecule is CC(=O)Nc1nc(C(=O)NC2CNCCC2C)cs1.Cl.Cl. The van der Waals surface area contributed by atoms with Crippen LogP contribution in [0.25, 0.3) is 0 Å². The Labute approximate surface area is 140 Å². The van der Waals surface area contributed by atoms with Gasteiger partial charge in [-0.15, -0.1) is 36.2 Å². The van der Waals surface area contributed by atoms with Gasteiger partial charge >= 0.3 is 0 Å². The van der Waals surface area contributed by atoms with Crippen LogP contribution in [0.5, 0.6) is 0 Å². The van der Waals surface area contributed by atoms with Crippen LogP contribution in [-0.2, 0) is 4.79 Å². The number of carbonyl (C=O) groups excluding carboxylic acids is 2. The average molecular weight is 355 g/mol. The molecule has 9 heteroatoms. The molecule has 0 aromatic carbocycles. The summed E-state index contributed by atoms with van der Waals surface area (Å²) in [6, 6.07) is 0.132. The monoisotopic (exact) mass is 354 g/mol. The maximum absolute atomic E-state index is 12.1. The van der Waals surface area contributed by atoms with E-state index in [9.17, 15) is 9.59 Å². The normalized spacial score (nSPS) is 20.7. The first-order valence-electron chi connectivity index (χ1n) is 6.31. The minimum absolute atomic E-state index is 0. The number of piperidine rings is 1. The van der Waals surface area contributed by atoms with Crippen LogP contribution in [-0.4, -0.2) is 35.9 Å². The van der Waals surface area contributed by atoms with Gasteiger partial charge in [-0.05, 0) is 18.9 Å². The maximum atomic E-state index is 12.1. The average Bonchev–Trinajstić information content (AvgIpc) is 2.79. The van der Waals surface area contributed by atoms with E-state index in [0.717, 1.165) is 19.5 Å². The van der Waals surface area contributed by atoms with Gasteiger partial charge < -0.3 is 16.0 Å². The third-order valence-electron chi connectivity index (χ3n) is 3.16. The van der Waals surface area contributed by atoms with E-state index in [1.807, 2.05) is 0 Å². The summed E-state index contributed by atoms with van der Waals surface area (Å²) >= 11 is 1.25. The first kappa shape index (κ1) is 20.1. The fraction of sp³-hybridized carbons (Fsp3) is 0.583. The molecule has 1 aromatic rings. The molecule has 120 valence electrons. The van der Waals surface area contributed by atoms with Gasteiger partial charge in [0.15, 0.2) is 5.13 Å². The largest absolute Gasteiger partial charge is 0.346 e. The van der Waals surface area contributed by atoms with Crippen molar-refractivity contribution < 1.29 is 9.59 Å². The number of rotatable bonds is 3. The smallest absolute Gasteiger partial charge is 0.271 e. The van der Waals surface area contributed by atoms with Crippen molar-refractivity contribution >= 4 is 53.1 Å². The van der Waals surface area contributed by atoms with Crippen LogP contribution in [0.15, 0.2) is 5.38 Å². The van der Waals surface area contributed by atoms with Crippen molar-refractivity contribution in [3.63, 3.8) is 0 Å². The summed E-state index contributed by atoms with van der Waals surface area (Å²) in [6.45, 7) is 5.33. The second kappa shape index (κ2) is 9.19. The van der Waals surface area contributed by atoms with Gasteiger partial charge in [0.1, 0.15) is 5.69 Å². The Balaban J connectivity index is 0.00000200. The van der Waals surface area contributed by atoms with E-state index in [1.54, 1.807) is 5.38 Å². The Hall–Kier alpha value is -0.890. The fourth-order valence-electron chi connectivity index (χ4n) is 2.01. The van der Waals surface area contributed by atoms with Crippen LogP contribution in [0.1, 0.15) is 30.8 Å². The van der Waals surface area contributed by atoms with Crippen molar-refractivity contribution in [1.82, 2.24) is 15.6 Å². The first-order chi connectivity index (χ1) is 9.06.